The summed E-state index contributed by atoms with van der Waals surface area (Å²) in [6.07, 6.45) is -0.447. The molecule has 2 N–H and O–H groups in total. The van der Waals surface area contributed by atoms with Gasteiger partial charge >= 0.3 is 0 Å². The number of halogens is 1. The molecule has 0 aliphatic rings. The molecule has 0 saturated heterocycles. The van der Waals surface area contributed by atoms with Crippen molar-refractivity contribution < 1.29 is 18.7 Å². The van der Waals surface area contributed by atoms with Crippen LogP contribution in [0.5, 0.6) is 5.75 Å². The molecule has 0 fully saturated rings. The second kappa shape index (κ2) is 8.10. The van der Waals surface area contributed by atoms with Crippen molar-refractivity contribution in [3.63, 3.8) is 0 Å². The normalized spacial score (nSPS) is 11.5. The van der Waals surface area contributed by atoms with Gasteiger partial charge in [0.25, 0.3) is 5.91 Å². The van der Waals surface area contributed by atoms with Gasteiger partial charge in [0.05, 0.1) is 0 Å². The summed E-state index contributed by atoms with van der Waals surface area (Å²) >= 11 is 0. The molecule has 2 amide bonds. The van der Waals surface area contributed by atoms with Crippen LogP contribution in [-0.4, -0.2) is 17.9 Å². The van der Waals surface area contributed by atoms with Crippen LogP contribution in [0.1, 0.15) is 20.3 Å². The summed E-state index contributed by atoms with van der Waals surface area (Å²) in [6.45, 7) is 3.18. The Balaban J connectivity index is 2.07. The number of nitrogens with one attached hydrogen (secondary N) is 2. The van der Waals surface area contributed by atoms with Crippen molar-refractivity contribution in [1.29, 1.82) is 0 Å². The van der Waals surface area contributed by atoms with Crippen LogP contribution in [-0.2, 0) is 9.59 Å². The first kappa shape index (κ1) is 17.5. The molecule has 0 heterocycles. The monoisotopic (exact) mass is 330 g/mol. The lowest BCUT2D eigenvalue weighted by molar-refractivity contribution is -0.123. The standard InChI is InChI=1S/C18H19FN2O3/c1-3-16(24-17-10-5-4-9-15(17)19)18(23)21-14-8-6-7-13(11-14)20-12(2)22/h4-11,16H,3H2,1-2H3,(H,20,22)(H,21,23)/t16-/m0/s1. The SMILES string of the molecule is CC[C@H](Oc1ccccc1F)C(=O)Nc1cccc(NC(C)=O)c1. The molecule has 6 heteroatoms. The first-order chi connectivity index (χ1) is 11.5. The molecule has 0 aromatic heterocycles. The minimum Gasteiger partial charge on any atom is -0.478 e. The minimum atomic E-state index is -0.827. The number of para-hydroxylation sites is 1. The van der Waals surface area contributed by atoms with Crippen molar-refractivity contribution in [2.24, 2.45) is 0 Å². The highest BCUT2D eigenvalue weighted by atomic mass is 19.1. The van der Waals surface area contributed by atoms with E-state index >= 15 is 0 Å². The van der Waals surface area contributed by atoms with E-state index in [1.54, 1.807) is 43.3 Å². The predicted molar refractivity (Wildman–Crippen MR) is 90.5 cm³/mol. The van der Waals surface area contributed by atoms with Gasteiger partial charge in [0.1, 0.15) is 0 Å². The van der Waals surface area contributed by atoms with Gasteiger partial charge in [0.2, 0.25) is 5.91 Å². The highest BCUT2D eigenvalue weighted by Gasteiger charge is 2.20. The average Bonchev–Trinajstić information content (AvgIpc) is 2.53. The maximum absolute atomic E-state index is 13.7. The van der Waals surface area contributed by atoms with Crippen molar-refractivity contribution in [2.45, 2.75) is 26.4 Å². The topological polar surface area (TPSA) is 67.4 Å². The molecular formula is C18H19FN2O3. The summed E-state index contributed by atoms with van der Waals surface area (Å²) in [5.41, 5.74) is 1.09. The number of amides is 2. The zero-order valence-corrected chi connectivity index (χ0v) is 13.5. The van der Waals surface area contributed by atoms with Gasteiger partial charge in [0, 0.05) is 18.3 Å². The fraction of sp³-hybridized carbons (Fsp3) is 0.222. The van der Waals surface area contributed by atoms with Crippen molar-refractivity contribution in [3.8, 4) is 5.75 Å². The number of hydrogen-bond donors (Lipinski definition) is 2. The highest BCUT2D eigenvalue weighted by Crippen LogP contribution is 2.20. The molecule has 0 unspecified atom stereocenters. The van der Waals surface area contributed by atoms with Crippen molar-refractivity contribution >= 4 is 23.2 Å². The molecule has 24 heavy (non-hydrogen) atoms. The summed E-state index contributed by atoms with van der Waals surface area (Å²) in [5.74, 6) is -1.07. The zero-order valence-electron chi connectivity index (χ0n) is 13.5. The van der Waals surface area contributed by atoms with E-state index < -0.39 is 11.9 Å². The van der Waals surface area contributed by atoms with Crippen LogP contribution in [0.15, 0.2) is 48.5 Å². The van der Waals surface area contributed by atoms with Gasteiger partial charge in [-0.1, -0.05) is 25.1 Å². The molecule has 2 aromatic carbocycles. The fourth-order valence-electron chi connectivity index (χ4n) is 2.12. The van der Waals surface area contributed by atoms with Crippen molar-refractivity contribution in [3.05, 3.63) is 54.3 Å². The Hall–Kier alpha value is -2.89. The smallest absolute Gasteiger partial charge is 0.265 e. The molecular weight excluding hydrogens is 311 g/mol. The van der Waals surface area contributed by atoms with Crippen molar-refractivity contribution in [1.82, 2.24) is 0 Å². The maximum atomic E-state index is 13.7. The van der Waals surface area contributed by atoms with E-state index in [4.69, 9.17) is 4.74 Å². The molecule has 126 valence electrons. The molecule has 0 saturated carbocycles. The highest BCUT2D eigenvalue weighted by molar-refractivity contribution is 5.95. The molecule has 5 nitrogen and oxygen atoms in total. The van der Waals surface area contributed by atoms with E-state index in [0.717, 1.165) is 0 Å². The van der Waals surface area contributed by atoms with Gasteiger partial charge in [0.15, 0.2) is 17.7 Å². The van der Waals surface area contributed by atoms with Crippen LogP contribution in [0.3, 0.4) is 0 Å². The van der Waals surface area contributed by atoms with E-state index in [2.05, 4.69) is 10.6 Å². The Morgan fingerprint density at radius 1 is 1.08 bits per heavy atom. The van der Waals surface area contributed by atoms with Gasteiger partial charge < -0.3 is 15.4 Å². The van der Waals surface area contributed by atoms with E-state index in [-0.39, 0.29) is 17.6 Å². The van der Waals surface area contributed by atoms with E-state index in [1.165, 1.54) is 19.1 Å². The molecule has 0 radical (unpaired) electrons. The van der Waals surface area contributed by atoms with Crippen LogP contribution in [0.2, 0.25) is 0 Å². The lowest BCUT2D eigenvalue weighted by Gasteiger charge is -2.18. The van der Waals surface area contributed by atoms with E-state index in [1.807, 2.05) is 0 Å². The number of benzene rings is 2. The number of rotatable bonds is 6. The Morgan fingerprint density at radius 3 is 2.38 bits per heavy atom. The quantitative estimate of drug-likeness (QED) is 0.851. The van der Waals surface area contributed by atoms with Crippen LogP contribution >= 0.6 is 0 Å². The molecule has 0 aliphatic carbocycles. The molecule has 0 spiro atoms. The summed E-state index contributed by atoms with van der Waals surface area (Å²) in [7, 11) is 0. The number of carbonyl (C=O) groups excluding carboxylic acids is 2. The van der Waals surface area contributed by atoms with Gasteiger partial charge in [-0.25, -0.2) is 4.39 Å². The number of ether oxygens (including phenoxy) is 1. The summed E-state index contributed by atoms with van der Waals surface area (Å²) in [5, 5.41) is 5.35. The van der Waals surface area contributed by atoms with Gasteiger partial charge in [-0.15, -0.1) is 0 Å². The van der Waals surface area contributed by atoms with Crippen LogP contribution < -0.4 is 15.4 Å². The van der Waals surface area contributed by atoms with Crippen LogP contribution in [0.4, 0.5) is 15.8 Å². The second-order valence-electron chi connectivity index (χ2n) is 5.20. The maximum Gasteiger partial charge on any atom is 0.265 e. The lowest BCUT2D eigenvalue weighted by Crippen LogP contribution is -2.32. The fourth-order valence-corrected chi connectivity index (χ4v) is 2.12. The Labute approximate surface area is 139 Å². The Morgan fingerprint density at radius 2 is 1.75 bits per heavy atom. The van der Waals surface area contributed by atoms with Crippen LogP contribution in [0, 0.1) is 5.82 Å². The zero-order chi connectivity index (χ0) is 17.5. The van der Waals surface area contributed by atoms with E-state index in [0.29, 0.717) is 17.8 Å². The largest absolute Gasteiger partial charge is 0.478 e. The number of hydrogen-bond acceptors (Lipinski definition) is 3. The predicted octanol–water partition coefficient (Wildman–Crippen LogP) is 3.58. The number of carbonyl (C=O) groups is 2. The molecule has 2 rings (SSSR count). The lowest BCUT2D eigenvalue weighted by atomic mass is 10.2. The minimum absolute atomic E-state index is 0.0338. The third-order valence-corrected chi connectivity index (χ3v) is 3.22. The second-order valence-corrected chi connectivity index (χ2v) is 5.20. The van der Waals surface area contributed by atoms with Gasteiger partial charge in [-0.2, -0.15) is 0 Å². The third-order valence-electron chi connectivity index (χ3n) is 3.22. The summed E-state index contributed by atoms with van der Waals surface area (Å²) < 4.78 is 19.1. The van der Waals surface area contributed by atoms with Gasteiger partial charge in [-0.05, 0) is 36.8 Å². The van der Waals surface area contributed by atoms with Crippen LogP contribution in [0.25, 0.3) is 0 Å². The first-order valence-corrected chi connectivity index (χ1v) is 7.59. The summed E-state index contributed by atoms with van der Waals surface area (Å²) in [4.78, 5) is 23.4. The molecule has 0 aliphatic heterocycles. The average molecular weight is 330 g/mol. The van der Waals surface area contributed by atoms with Crippen molar-refractivity contribution in [2.75, 3.05) is 10.6 Å². The molecule has 0 bridgehead atoms. The Bertz CT molecular complexity index is 734. The Kier molecular flexibility index (Phi) is 5.89. The third kappa shape index (κ3) is 4.81. The molecule has 1 atom stereocenters. The first-order valence-electron chi connectivity index (χ1n) is 7.59. The molecule has 2 aromatic rings. The van der Waals surface area contributed by atoms with Gasteiger partial charge in [-0.3, -0.25) is 9.59 Å². The van der Waals surface area contributed by atoms with E-state index in [9.17, 15) is 14.0 Å². The number of anilines is 2. The summed E-state index contributed by atoms with van der Waals surface area (Å²) in [6, 6.07) is 12.7.